The minimum Gasteiger partial charge on any atom is -0.508 e. The second-order valence-electron chi connectivity index (χ2n) is 9.00. The van der Waals surface area contributed by atoms with Crippen LogP contribution in [0.3, 0.4) is 0 Å². The third-order valence-corrected chi connectivity index (χ3v) is 6.45. The van der Waals surface area contributed by atoms with Crippen LogP contribution in [-0.4, -0.2) is 16.3 Å². The number of aliphatic hydroxyl groups is 1. The van der Waals surface area contributed by atoms with E-state index in [0.29, 0.717) is 35.2 Å². The van der Waals surface area contributed by atoms with Gasteiger partial charge >= 0.3 is 0 Å². The number of phenols is 1. The minimum atomic E-state index is 0.134. The number of aliphatic hydroxyl groups excluding tert-OH is 1. The van der Waals surface area contributed by atoms with Crippen molar-refractivity contribution in [1.29, 1.82) is 0 Å². The lowest BCUT2D eigenvalue weighted by atomic mass is 9.76. The molecule has 0 aromatic heterocycles. The van der Waals surface area contributed by atoms with E-state index in [1.54, 1.807) is 12.1 Å². The first-order chi connectivity index (χ1) is 11.8. The Kier molecular flexibility index (Phi) is 3.86. The Hall–Kier alpha value is -1.90. The zero-order valence-electron chi connectivity index (χ0n) is 15.3. The Morgan fingerprint density at radius 3 is 2.60 bits per heavy atom. The van der Waals surface area contributed by atoms with Crippen molar-refractivity contribution in [3.05, 3.63) is 47.7 Å². The smallest absolute Gasteiger partial charge is 0.123 e. The molecule has 1 aromatic carbocycles. The van der Waals surface area contributed by atoms with Crippen LogP contribution < -0.4 is 4.74 Å². The maximum Gasteiger partial charge on any atom is 0.123 e. The highest BCUT2D eigenvalue weighted by Crippen LogP contribution is 2.57. The van der Waals surface area contributed by atoms with E-state index in [0.717, 1.165) is 25.0 Å². The zero-order chi connectivity index (χ0) is 17.8. The van der Waals surface area contributed by atoms with Crippen LogP contribution in [0.15, 0.2) is 42.2 Å². The monoisotopic (exact) mass is 340 g/mol. The summed E-state index contributed by atoms with van der Waals surface area (Å²) in [5, 5.41) is 19.6. The van der Waals surface area contributed by atoms with Crippen molar-refractivity contribution in [2.45, 2.75) is 52.1 Å². The van der Waals surface area contributed by atoms with Gasteiger partial charge in [-0.05, 0) is 66.9 Å². The maximum atomic E-state index is 9.98. The molecule has 0 bridgehead atoms. The molecule has 3 nitrogen and oxygen atoms in total. The molecule has 1 aliphatic heterocycles. The van der Waals surface area contributed by atoms with E-state index < -0.39 is 0 Å². The molecule has 2 unspecified atom stereocenters. The first-order valence-electron chi connectivity index (χ1n) is 9.40. The van der Waals surface area contributed by atoms with Crippen molar-refractivity contribution in [3.8, 4) is 11.5 Å². The van der Waals surface area contributed by atoms with E-state index in [9.17, 15) is 10.2 Å². The maximum absolute atomic E-state index is 9.98. The summed E-state index contributed by atoms with van der Waals surface area (Å²) in [4.78, 5) is 0. The van der Waals surface area contributed by atoms with Gasteiger partial charge in [-0.3, -0.25) is 0 Å². The van der Waals surface area contributed by atoms with Gasteiger partial charge in [0.25, 0.3) is 0 Å². The van der Waals surface area contributed by atoms with Gasteiger partial charge in [-0.15, -0.1) is 0 Å². The molecule has 4 rings (SSSR count). The van der Waals surface area contributed by atoms with Crippen molar-refractivity contribution in [2.75, 3.05) is 0 Å². The van der Waals surface area contributed by atoms with Gasteiger partial charge in [0.1, 0.15) is 23.4 Å². The third-order valence-electron chi connectivity index (χ3n) is 6.45. The van der Waals surface area contributed by atoms with Gasteiger partial charge in [-0.25, -0.2) is 0 Å². The highest BCUT2D eigenvalue weighted by atomic mass is 16.5. The average Bonchev–Trinajstić information content (AvgIpc) is 3.01. The molecule has 1 heterocycles. The number of fused-ring (bicyclic) bond motifs is 3. The normalized spacial score (nSPS) is 34.0. The Morgan fingerprint density at radius 1 is 1.12 bits per heavy atom. The molecule has 5 atom stereocenters. The van der Waals surface area contributed by atoms with Gasteiger partial charge in [0.05, 0.1) is 0 Å². The zero-order valence-corrected chi connectivity index (χ0v) is 15.3. The van der Waals surface area contributed by atoms with Crippen molar-refractivity contribution in [2.24, 2.45) is 23.2 Å². The molecule has 0 radical (unpaired) electrons. The van der Waals surface area contributed by atoms with Gasteiger partial charge in [0, 0.05) is 17.4 Å². The van der Waals surface area contributed by atoms with E-state index in [4.69, 9.17) is 4.74 Å². The van der Waals surface area contributed by atoms with E-state index in [1.807, 2.05) is 18.2 Å². The summed E-state index contributed by atoms with van der Waals surface area (Å²) in [7, 11) is 0. The number of allylic oxidation sites excluding steroid dienone is 2. The molecule has 134 valence electrons. The molecule has 3 aliphatic rings. The molecule has 1 aromatic rings. The number of ether oxygens (including phenoxy) is 1. The van der Waals surface area contributed by atoms with Crippen molar-refractivity contribution in [3.63, 3.8) is 0 Å². The molecule has 2 aliphatic carbocycles. The molecule has 1 fully saturated rings. The molecule has 3 heteroatoms. The van der Waals surface area contributed by atoms with Crippen LogP contribution in [0.2, 0.25) is 0 Å². The summed E-state index contributed by atoms with van der Waals surface area (Å²) < 4.78 is 6.46. The number of hydrogen-bond acceptors (Lipinski definition) is 3. The Labute approximate surface area is 150 Å². The third kappa shape index (κ3) is 2.94. The van der Waals surface area contributed by atoms with Gasteiger partial charge in [-0.2, -0.15) is 0 Å². The van der Waals surface area contributed by atoms with Gasteiger partial charge in [0.15, 0.2) is 0 Å². The molecule has 1 saturated carbocycles. The number of aromatic hydroxyl groups is 1. The lowest BCUT2D eigenvalue weighted by Crippen LogP contribution is -2.39. The Morgan fingerprint density at radius 2 is 1.92 bits per heavy atom. The van der Waals surface area contributed by atoms with Crippen LogP contribution >= 0.6 is 0 Å². The summed E-state index contributed by atoms with van der Waals surface area (Å²) in [6.45, 7) is 6.99. The highest BCUT2D eigenvalue weighted by Gasteiger charge is 2.49. The Balaban J connectivity index is 1.70. The van der Waals surface area contributed by atoms with Gasteiger partial charge in [-0.1, -0.05) is 26.8 Å². The van der Waals surface area contributed by atoms with Crippen LogP contribution in [0.5, 0.6) is 11.5 Å². The van der Waals surface area contributed by atoms with Crippen molar-refractivity contribution < 1.29 is 14.9 Å². The first kappa shape index (κ1) is 16.6. The molecule has 0 saturated heterocycles. The predicted molar refractivity (Wildman–Crippen MR) is 98.9 cm³/mol. The van der Waals surface area contributed by atoms with Gasteiger partial charge < -0.3 is 14.9 Å². The Bertz CT molecular complexity index is 725. The SMILES string of the molecule is CC(C)(C)[C@@H]1CC2[C@H](C3C=CC(O)=CC3)Oc3ccc(O)cc3[C@@H]2C1. The quantitative estimate of drug-likeness (QED) is 0.727. The predicted octanol–water partition coefficient (Wildman–Crippen LogP) is 5.33. The summed E-state index contributed by atoms with van der Waals surface area (Å²) >= 11 is 0. The molecule has 25 heavy (non-hydrogen) atoms. The highest BCUT2D eigenvalue weighted by molar-refractivity contribution is 5.45. The number of phenolic OH excluding ortho intramolecular Hbond substituents is 1. The van der Waals surface area contributed by atoms with Crippen LogP contribution in [0.4, 0.5) is 0 Å². The lowest BCUT2D eigenvalue weighted by molar-refractivity contribution is 0.0643. The number of benzene rings is 1. The van der Waals surface area contributed by atoms with Crippen LogP contribution in [-0.2, 0) is 0 Å². The largest absolute Gasteiger partial charge is 0.508 e. The van der Waals surface area contributed by atoms with Crippen LogP contribution in [0.1, 0.15) is 51.5 Å². The van der Waals surface area contributed by atoms with E-state index in [-0.39, 0.29) is 11.5 Å². The molecule has 0 amide bonds. The molecule has 2 N–H and O–H groups in total. The van der Waals surface area contributed by atoms with Crippen LogP contribution in [0, 0.1) is 23.2 Å². The van der Waals surface area contributed by atoms with E-state index in [2.05, 4.69) is 26.8 Å². The number of hydrogen-bond donors (Lipinski definition) is 2. The van der Waals surface area contributed by atoms with E-state index >= 15 is 0 Å². The summed E-state index contributed by atoms with van der Waals surface area (Å²) in [6.07, 6.45) is 9.07. The minimum absolute atomic E-state index is 0.134. The van der Waals surface area contributed by atoms with Crippen molar-refractivity contribution >= 4 is 0 Å². The molecule has 0 spiro atoms. The topological polar surface area (TPSA) is 49.7 Å². The lowest BCUT2D eigenvalue weighted by Gasteiger charge is -2.39. The van der Waals surface area contributed by atoms with Gasteiger partial charge in [0.2, 0.25) is 0 Å². The van der Waals surface area contributed by atoms with Crippen LogP contribution in [0.25, 0.3) is 0 Å². The average molecular weight is 340 g/mol. The fraction of sp³-hybridized carbons (Fsp3) is 0.545. The summed E-state index contributed by atoms with van der Waals surface area (Å²) in [6, 6.07) is 5.53. The fourth-order valence-corrected chi connectivity index (χ4v) is 4.94. The molecular weight excluding hydrogens is 312 g/mol. The first-order valence-corrected chi connectivity index (χ1v) is 9.40. The summed E-state index contributed by atoms with van der Waals surface area (Å²) in [5.74, 6) is 3.45. The summed E-state index contributed by atoms with van der Waals surface area (Å²) in [5.41, 5.74) is 1.45. The second kappa shape index (κ2) is 5.82. The molecular formula is C22H28O3. The standard InChI is InChI=1S/C22H28O3/c1-22(2,3)14-10-17-18-12-16(24)8-9-20(18)25-21(19(17)11-14)13-4-6-15(23)7-5-13/h4,6-9,12-14,17,19,21,23-24H,5,10-11H2,1-3H3/t13?,14-,17-,19?,21-/m0/s1. The van der Waals surface area contributed by atoms with E-state index in [1.165, 1.54) is 5.56 Å². The fourth-order valence-electron chi connectivity index (χ4n) is 4.94. The second-order valence-corrected chi connectivity index (χ2v) is 9.00. The van der Waals surface area contributed by atoms with Crippen molar-refractivity contribution in [1.82, 2.24) is 0 Å². The number of rotatable bonds is 1.